The number of nitrogens with zero attached hydrogens (tertiary/aromatic N) is 4. The van der Waals surface area contributed by atoms with Gasteiger partial charge in [-0.15, -0.1) is 11.6 Å². The van der Waals surface area contributed by atoms with Crippen LogP contribution in [0.15, 0.2) is 36.7 Å². The predicted octanol–water partition coefficient (Wildman–Crippen LogP) is 3.24. The van der Waals surface area contributed by atoms with Gasteiger partial charge < -0.3 is 9.30 Å². The van der Waals surface area contributed by atoms with E-state index in [1.165, 1.54) is 0 Å². The van der Waals surface area contributed by atoms with Gasteiger partial charge in [0.2, 0.25) is 0 Å². The van der Waals surface area contributed by atoms with Gasteiger partial charge in [0.15, 0.2) is 0 Å². The molecule has 0 bridgehead atoms. The van der Waals surface area contributed by atoms with Gasteiger partial charge >= 0.3 is 0 Å². The average molecular weight is 305 g/mol. The largest absolute Gasteiger partial charge is 0.494 e. The minimum absolute atomic E-state index is 0.191. The van der Waals surface area contributed by atoms with Gasteiger partial charge in [0, 0.05) is 12.4 Å². The van der Waals surface area contributed by atoms with Gasteiger partial charge in [-0.1, -0.05) is 6.07 Å². The molecule has 3 aromatic rings. The molecule has 3 rings (SSSR count). The highest BCUT2D eigenvalue weighted by atomic mass is 35.5. The maximum Gasteiger partial charge on any atom is 0.146 e. The van der Waals surface area contributed by atoms with Gasteiger partial charge in [0.05, 0.1) is 31.1 Å². The van der Waals surface area contributed by atoms with Gasteiger partial charge in [0.1, 0.15) is 17.1 Å². The zero-order valence-corrected chi connectivity index (χ0v) is 12.8. The summed E-state index contributed by atoms with van der Waals surface area (Å²) in [5.41, 5.74) is 1.88. The maximum absolute atomic E-state index is 6.08. The van der Waals surface area contributed by atoms with Crippen LogP contribution in [0.25, 0.3) is 11.0 Å². The van der Waals surface area contributed by atoms with Crippen molar-refractivity contribution in [2.45, 2.75) is 25.4 Å². The van der Waals surface area contributed by atoms with Crippen LogP contribution in [0, 0.1) is 0 Å². The summed E-state index contributed by atoms with van der Waals surface area (Å²) in [5, 5.41) is 4.26. The maximum atomic E-state index is 6.08. The van der Waals surface area contributed by atoms with Gasteiger partial charge in [-0.3, -0.25) is 4.68 Å². The third-order valence-electron chi connectivity index (χ3n) is 3.55. The molecule has 0 aliphatic carbocycles. The van der Waals surface area contributed by atoms with Crippen molar-refractivity contribution in [2.24, 2.45) is 0 Å². The summed E-state index contributed by atoms with van der Waals surface area (Å²) in [4.78, 5) is 4.63. The summed E-state index contributed by atoms with van der Waals surface area (Å²) in [5.74, 6) is 1.97. The second-order valence-electron chi connectivity index (χ2n) is 4.94. The van der Waals surface area contributed by atoms with Gasteiger partial charge in [-0.25, -0.2) is 4.98 Å². The Morgan fingerprint density at radius 3 is 2.86 bits per heavy atom. The number of hydrogen-bond acceptors (Lipinski definition) is 3. The highest BCUT2D eigenvalue weighted by molar-refractivity contribution is 6.16. The normalized spacial score (nSPS) is 12.7. The standard InChI is InChI=1S/C15H17ClN4O/c1-11(10-19-8-4-7-17-19)20-12-5-3-6-13(21-2)15(12)18-14(20)9-16/h3-8,11H,9-10H2,1-2H3. The summed E-state index contributed by atoms with van der Waals surface area (Å²) in [7, 11) is 1.65. The fraction of sp³-hybridized carbons (Fsp3) is 0.333. The van der Waals surface area contributed by atoms with Crippen LogP contribution >= 0.6 is 11.6 Å². The highest BCUT2D eigenvalue weighted by Crippen LogP contribution is 2.29. The first-order chi connectivity index (χ1) is 10.2. The lowest BCUT2D eigenvalue weighted by Gasteiger charge is -2.17. The molecule has 21 heavy (non-hydrogen) atoms. The smallest absolute Gasteiger partial charge is 0.146 e. The summed E-state index contributed by atoms with van der Waals surface area (Å²) in [6, 6.07) is 8.04. The first-order valence-corrected chi connectivity index (χ1v) is 7.35. The van der Waals surface area contributed by atoms with Crippen LogP contribution in [-0.4, -0.2) is 26.4 Å². The zero-order chi connectivity index (χ0) is 14.8. The van der Waals surface area contributed by atoms with E-state index in [0.29, 0.717) is 5.88 Å². The Morgan fingerprint density at radius 1 is 1.33 bits per heavy atom. The Balaban J connectivity index is 2.07. The van der Waals surface area contributed by atoms with Crippen LogP contribution in [0.5, 0.6) is 5.75 Å². The Morgan fingerprint density at radius 2 is 2.19 bits per heavy atom. The van der Waals surface area contributed by atoms with Crippen molar-refractivity contribution in [3.63, 3.8) is 0 Å². The fourth-order valence-corrected chi connectivity index (χ4v) is 2.84. The molecule has 0 aliphatic heterocycles. The van der Waals surface area contributed by atoms with E-state index < -0.39 is 0 Å². The summed E-state index contributed by atoms with van der Waals surface area (Å²) in [6.07, 6.45) is 3.74. The minimum atomic E-state index is 0.191. The van der Waals surface area contributed by atoms with Crippen molar-refractivity contribution in [2.75, 3.05) is 7.11 Å². The van der Waals surface area contributed by atoms with E-state index >= 15 is 0 Å². The number of hydrogen-bond donors (Lipinski definition) is 0. The molecule has 0 saturated heterocycles. The van der Waals surface area contributed by atoms with E-state index in [2.05, 4.69) is 21.6 Å². The Hall–Kier alpha value is -2.01. The molecule has 0 saturated carbocycles. The molecule has 0 amide bonds. The highest BCUT2D eigenvalue weighted by Gasteiger charge is 2.18. The molecule has 0 aliphatic rings. The lowest BCUT2D eigenvalue weighted by molar-refractivity contribution is 0.419. The van der Waals surface area contributed by atoms with E-state index in [9.17, 15) is 0 Å². The van der Waals surface area contributed by atoms with Crippen LogP contribution in [-0.2, 0) is 12.4 Å². The molecule has 1 atom stereocenters. The van der Waals surface area contributed by atoms with E-state index in [4.69, 9.17) is 16.3 Å². The molecule has 6 heteroatoms. The third-order valence-corrected chi connectivity index (χ3v) is 3.79. The molecule has 5 nitrogen and oxygen atoms in total. The van der Waals surface area contributed by atoms with Crippen molar-refractivity contribution >= 4 is 22.6 Å². The van der Waals surface area contributed by atoms with Gasteiger partial charge in [-0.2, -0.15) is 5.10 Å². The first kappa shape index (κ1) is 13.9. The zero-order valence-electron chi connectivity index (χ0n) is 12.0. The van der Waals surface area contributed by atoms with Crippen LogP contribution in [0.4, 0.5) is 0 Å². The number of benzene rings is 1. The van der Waals surface area contributed by atoms with Crippen molar-refractivity contribution in [1.29, 1.82) is 0 Å². The predicted molar refractivity (Wildman–Crippen MR) is 82.8 cm³/mol. The molecule has 0 fully saturated rings. The number of imidazole rings is 1. The van der Waals surface area contributed by atoms with Gasteiger partial charge in [-0.05, 0) is 25.1 Å². The second-order valence-corrected chi connectivity index (χ2v) is 5.20. The van der Waals surface area contributed by atoms with Crippen molar-refractivity contribution in [1.82, 2.24) is 19.3 Å². The summed E-state index contributed by atoms with van der Waals surface area (Å²) >= 11 is 6.08. The number of halogens is 1. The third kappa shape index (κ3) is 2.49. The topological polar surface area (TPSA) is 44.9 Å². The number of ether oxygens (including phenoxy) is 1. The molecular weight excluding hydrogens is 288 g/mol. The molecule has 0 N–H and O–H groups in total. The lowest BCUT2D eigenvalue weighted by atomic mass is 10.2. The fourth-order valence-electron chi connectivity index (χ4n) is 2.65. The number of alkyl halides is 1. The number of fused-ring (bicyclic) bond motifs is 1. The number of methoxy groups -OCH3 is 1. The van der Waals surface area contributed by atoms with Crippen LogP contribution in [0.3, 0.4) is 0 Å². The Bertz CT molecular complexity index is 736. The Labute approximate surface area is 128 Å². The van der Waals surface area contributed by atoms with Crippen LogP contribution < -0.4 is 4.74 Å². The SMILES string of the molecule is COc1cccc2c1nc(CCl)n2C(C)Cn1cccn1. The summed E-state index contributed by atoms with van der Waals surface area (Å²) in [6.45, 7) is 2.90. The number of aromatic nitrogens is 4. The number of rotatable bonds is 5. The van der Waals surface area contributed by atoms with Crippen molar-refractivity contribution in [3.05, 3.63) is 42.5 Å². The molecule has 0 spiro atoms. The minimum Gasteiger partial charge on any atom is -0.494 e. The first-order valence-electron chi connectivity index (χ1n) is 6.81. The van der Waals surface area contributed by atoms with Crippen LogP contribution in [0.1, 0.15) is 18.8 Å². The van der Waals surface area contributed by atoms with Gasteiger partial charge in [0.25, 0.3) is 0 Å². The second kappa shape index (κ2) is 5.77. The molecule has 2 aromatic heterocycles. The average Bonchev–Trinajstić information content (AvgIpc) is 3.12. The number of para-hydroxylation sites is 1. The van der Waals surface area contributed by atoms with Crippen LogP contribution in [0.2, 0.25) is 0 Å². The summed E-state index contributed by atoms with van der Waals surface area (Å²) < 4.78 is 9.46. The van der Waals surface area contributed by atoms with E-state index in [1.54, 1.807) is 13.3 Å². The van der Waals surface area contributed by atoms with Crippen molar-refractivity contribution < 1.29 is 4.74 Å². The molecule has 0 radical (unpaired) electrons. The van der Waals surface area contributed by atoms with E-state index in [-0.39, 0.29) is 6.04 Å². The molecule has 2 heterocycles. The van der Waals surface area contributed by atoms with Crippen molar-refractivity contribution in [3.8, 4) is 5.75 Å². The molecule has 110 valence electrons. The molecule has 1 aromatic carbocycles. The molecular formula is C15H17ClN4O. The monoisotopic (exact) mass is 304 g/mol. The molecule has 1 unspecified atom stereocenters. The van der Waals surface area contributed by atoms with E-state index in [1.807, 2.05) is 35.1 Å². The Kier molecular flexibility index (Phi) is 3.84. The lowest BCUT2D eigenvalue weighted by Crippen LogP contribution is -2.15. The van der Waals surface area contributed by atoms with E-state index in [0.717, 1.165) is 29.2 Å². The quantitative estimate of drug-likeness (QED) is 0.680.